The smallest absolute Gasteiger partial charge is 0.123 e. The number of thioether (sulfide) groups is 1. The summed E-state index contributed by atoms with van der Waals surface area (Å²) in [6, 6.07) is 7.23. The number of rotatable bonds is 5. The molecule has 2 unspecified atom stereocenters. The van der Waals surface area contributed by atoms with Crippen molar-refractivity contribution in [3.8, 4) is 0 Å². The number of halogens is 1. The van der Waals surface area contributed by atoms with Crippen molar-refractivity contribution in [3.63, 3.8) is 0 Å². The maximum atomic E-state index is 12.9. The highest BCUT2D eigenvalue weighted by atomic mass is 32.2. The molecule has 1 aliphatic rings. The van der Waals surface area contributed by atoms with E-state index >= 15 is 0 Å². The van der Waals surface area contributed by atoms with Crippen LogP contribution >= 0.6 is 11.8 Å². The van der Waals surface area contributed by atoms with Crippen LogP contribution in [0.2, 0.25) is 0 Å². The van der Waals surface area contributed by atoms with Crippen LogP contribution in [-0.2, 0) is 0 Å². The van der Waals surface area contributed by atoms with E-state index in [9.17, 15) is 4.39 Å². The normalized spacial score (nSPS) is 21.6. The molecular weight excluding hydrogens is 233 g/mol. The Morgan fingerprint density at radius 3 is 2.76 bits per heavy atom. The summed E-state index contributed by atoms with van der Waals surface area (Å²) in [7, 11) is 0. The van der Waals surface area contributed by atoms with Crippen molar-refractivity contribution in [2.45, 2.75) is 25.8 Å². The second-order valence-corrected chi connectivity index (χ2v) is 5.80. The number of hydrogen-bond acceptors (Lipinski definition) is 2. The maximum Gasteiger partial charge on any atom is 0.123 e. The number of benzene rings is 1. The van der Waals surface area contributed by atoms with E-state index < -0.39 is 0 Å². The molecule has 1 saturated heterocycles. The third kappa shape index (κ3) is 3.71. The average Bonchev–Trinajstić information content (AvgIpc) is 2.85. The minimum absolute atomic E-state index is 0.157. The van der Waals surface area contributed by atoms with Crippen molar-refractivity contribution >= 4 is 11.8 Å². The monoisotopic (exact) mass is 253 g/mol. The van der Waals surface area contributed by atoms with E-state index in [2.05, 4.69) is 12.2 Å². The predicted octanol–water partition coefficient (Wildman–Crippen LogP) is 3.62. The highest BCUT2D eigenvalue weighted by molar-refractivity contribution is 7.99. The first-order valence-corrected chi connectivity index (χ1v) is 7.51. The Bertz CT molecular complexity index is 333. The van der Waals surface area contributed by atoms with Crippen LogP contribution in [0, 0.1) is 11.7 Å². The molecule has 17 heavy (non-hydrogen) atoms. The van der Waals surface area contributed by atoms with Gasteiger partial charge in [0, 0.05) is 6.04 Å². The molecule has 1 fully saturated rings. The fourth-order valence-electron chi connectivity index (χ4n) is 2.25. The molecule has 0 aliphatic carbocycles. The van der Waals surface area contributed by atoms with Crippen LogP contribution in [0.5, 0.6) is 0 Å². The molecule has 0 bridgehead atoms. The Labute approximate surface area is 107 Å². The fourth-order valence-corrected chi connectivity index (χ4v) is 3.53. The van der Waals surface area contributed by atoms with Gasteiger partial charge in [0.05, 0.1) is 0 Å². The van der Waals surface area contributed by atoms with Gasteiger partial charge < -0.3 is 5.32 Å². The van der Waals surface area contributed by atoms with Crippen molar-refractivity contribution in [2.75, 3.05) is 18.1 Å². The van der Waals surface area contributed by atoms with Crippen LogP contribution in [0.4, 0.5) is 4.39 Å². The third-order valence-electron chi connectivity index (χ3n) is 3.36. The average molecular weight is 253 g/mol. The molecule has 0 radical (unpaired) electrons. The van der Waals surface area contributed by atoms with E-state index in [1.54, 1.807) is 12.1 Å². The van der Waals surface area contributed by atoms with E-state index in [0.717, 1.165) is 18.9 Å². The van der Waals surface area contributed by atoms with Crippen molar-refractivity contribution < 1.29 is 4.39 Å². The Morgan fingerprint density at radius 1 is 1.41 bits per heavy atom. The second-order valence-electron chi connectivity index (χ2n) is 4.65. The number of hydrogen-bond donors (Lipinski definition) is 1. The van der Waals surface area contributed by atoms with Gasteiger partial charge in [-0.25, -0.2) is 4.39 Å². The van der Waals surface area contributed by atoms with Crippen LogP contribution in [-0.4, -0.2) is 18.1 Å². The Morgan fingerprint density at radius 2 is 2.18 bits per heavy atom. The third-order valence-corrected chi connectivity index (χ3v) is 4.59. The molecule has 94 valence electrons. The molecule has 0 amide bonds. The van der Waals surface area contributed by atoms with Crippen LogP contribution in [0.3, 0.4) is 0 Å². The molecule has 1 aromatic rings. The van der Waals surface area contributed by atoms with Gasteiger partial charge in [0.1, 0.15) is 5.82 Å². The summed E-state index contributed by atoms with van der Waals surface area (Å²) in [5.41, 5.74) is 1.19. The first-order valence-electron chi connectivity index (χ1n) is 6.36. The highest BCUT2D eigenvalue weighted by Gasteiger charge is 2.17. The Hall–Kier alpha value is -0.540. The van der Waals surface area contributed by atoms with Gasteiger partial charge in [0.25, 0.3) is 0 Å². The Balaban J connectivity index is 1.89. The van der Waals surface area contributed by atoms with Gasteiger partial charge in [0.2, 0.25) is 0 Å². The maximum absolute atomic E-state index is 12.9. The molecule has 0 spiro atoms. The van der Waals surface area contributed by atoms with Gasteiger partial charge in [-0.15, -0.1) is 0 Å². The first kappa shape index (κ1) is 12.9. The topological polar surface area (TPSA) is 12.0 Å². The summed E-state index contributed by atoms with van der Waals surface area (Å²) in [5.74, 6) is 3.25. The van der Waals surface area contributed by atoms with Crippen LogP contribution < -0.4 is 5.32 Å². The van der Waals surface area contributed by atoms with E-state index in [-0.39, 0.29) is 5.82 Å². The van der Waals surface area contributed by atoms with E-state index in [1.165, 1.54) is 23.5 Å². The minimum atomic E-state index is -0.157. The highest BCUT2D eigenvalue weighted by Crippen LogP contribution is 2.24. The summed E-state index contributed by atoms with van der Waals surface area (Å²) in [4.78, 5) is 0. The zero-order chi connectivity index (χ0) is 12.1. The number of nitrogens with one attached hydrogen (secondary N) is 1. The fraction of sp³-hybridized carbons (Fsp3) is 0.571. The van der Waals surface area contributed by atoms with Crippen LogP contribution in [0.25, 0.3) is 0 Å². The lowest BCUT2D eigenvalue weighted by atomic mass is 10.0. The first-order chi connectivity index (χ1) is 8.29. The van der Waals surface area contributed by atoms with Gasteiger partial charge in [-0.1, -0.05) is 19.1 Å². The quantitative estimate of drug-likeness (QED) is 0.860. The van der Waals surface area contributed by atoms with Gasteiger partial charge in [-0.05, 0) is 54.5 Å². The molecule has 1 heterocycles. The van der Waals surface area contributed by atoms with E-state index in [0.29, 0.717) is 6.04 Å². The summed E-state index contributed by atoms with van der Waals surface area (Å²) >= 11 is 2.05. The lowest BCUT2D eigenvalue weighted by Crippen LogP contribution is -2.27. The Kier molecular flexibility index (Phi) is 4.86. The molecular formula is C14H20FNS. The molecule has 3 heteroatoms. The largest absolute Gasteiger partial charge is 0.310 e. The predicted molar refractivity (Wildman–Crippen MR) is 72.9 cm³/mol. The van der Waals surface area contributed by atoms with Gasteiger partial charge in [-0.2, -0.15) is 11.8 Å². The summed E-state index contributed by atoms with van der Waals surface area (Å²) < 4.78 is 12.9. The second kappa shape index (κ2) is 6.41. The molecule has 1 N–H and O–H groups in total. The summed E-state index contributed by atoms with van der Waals surface area (Å²) in [5, 5.41) is 3.61. The van der Waals surface area contributed by atoms with Crippen molar-refractivity contribution in [2.24, 2.45) is 5.92 Å². The zero-order valence-corrected chi connectivity index (χ0v) is 11.1. The van der Waals surface area contributed by atoms with Gasteiger partial charge in [-0.3, -0.25) is 0 Å². The SMILES string of the molecule is CCC(NCC1CCSC1)c1ccc(F)cc1. The van der Waals surface area contributed by atoms with E-state index in [1.807, 2.05) is 23.9 Å². The van der Waals surface area contributed by atoms with Crippen molar-refractivity contribution in [3.05, 3.63) is 35.6 Å². The molecule has 1 aromatic carbocycles. The molecule has 1 aliphatic heterocycles. The molecule has 2 atom stereocenters. The summed E-state index contributed by atoms with van der Waals surface area (Å²) in [6.45, 7) is 3.26. The standard InChI is InChI=1S/C14H20FNS/c1-2-14(12-3-5-13(15)6-4-12)16-9-11-7-8-17-10-11/h3-6,11,14,16H,2,7-10H2,1H3. The molecule has 0 aromatic heterocycles. The van der Waals surface area contributed by atoms with E-state index in [4.69, 9.17) is 0 Å². The summed E-state index contributed by atoms with van der Waals surface area (Å²) in [6.07, 6.45) is 2.38. The zero-order valence-electron chi connectivity index (χ0n) is 10.3. The molecule has 1 nitrogen and oxygen atoms in total. The molecule has 0 saturated carbocycles. The van der Waals surface area contributed by atoms with Gasteiger partial charge >= 0.3 is 0 Å². The van der Waals surface area contributed by atoms with Gasteiger partial charge in [0.15, 0.2) is 0 Å². The lowest BCUT2D eigenvalue weighted by Gasteiger charge is -2.19. The molecule has 2 rings (SSSR count). The van der Waals surface area contributed by atoms with Crippen LogP contribution in [0.15, 0.2) is 24.3 Å². The lowest BCUT2D eigenvalue weighted by molar-refractivity contribution is 0.450. The van der Waals surface area contributed by atoms with Crippen LogP contribution in [0.1, 0.15) is 31.4 Å². The van der Waals surface area contributed by atoms with Crippen molar-refractivity contribution in [1.29, 1.82) is 0 Å². The van der Waals surface area contributed by atoms with Crippen molar-refractivity contribution in [1.82, 2.24) is 5.32 Å². The minimum Gasteiger partial charge on any atom is -0.310 e.